The lowest BCUT2D eigenvalue weighted by Gasteiger charge is -2.19. The Morgan fingerprint density at radius 1 is 1.08 bits per heavy atom. The summed E-state index contributed by atoms with van der Waals surface area (Å²) in [5.74, 6) is 2.16. The van der Waals surface area contributed by atoms with Crippen LogP contribution in [0.4, 0.5) is 5.69 Å². The molecule has 1 heterocycles. The normalized spacial score (nSPS) is 11.7. The summed E-state index contributed by atoms with van der Waals surface area (Å²) >= 11 is 3.04. The molecule has 0 aliphatic rings. The van der Waals surface area contributed by atoms with E-state index in [-0.39, 0.29) is 23.6 Å². The quantitative estimate of drug-likeness (QED) is 0.324. The molecule has 2 N–H and O–H groups in total. The van der Waals surface area contributed by atoms with Crippen molar-refractivity contribution in [2.75, 3.05) is 30.2 Å². The van der Waals surface area contributed by atoms with Crippen LogP contribution in [0.1, 0.15) is 46.7 Å². The van der Waals surface area contributed by atoms with Gasteiger partial charge in [-0.15, -0.1) is 10.2 Å². The first kappa shape index (κ1) is 27.6. The number of para-hydroxylation sites is 1. The van der Waals surface area contributed by atoms with Gasteiger partial charge in [0, 0.05) is 17.8 Å². The fourth-order valence-electron chi connectivity index (χ4n) is 3.76. The number of rotatable bonds is 12. The van der Waals surface area contributed by atoms with Crippen molar-refractivity contribution < 1.29 is 14.3 Å². The van der Waals surface area contributed by atoms with Crippen LogP contribution in [-0.4, -0.2) is 51.5 Å². The van der Waals surface area contributed by atoms with E-state index in [9.17, 15) is 9.59 Å². The van der Waals surface area contributed by atoms with E-state index >= 15 is 0 Å². The number of nitrogens with one attached hydrogen (secondary N) is 2. The fraction of sp³-hybridized carbons (Fsp3) is 0.385. The maximum Gasteiger partial charge on any atom is 0.251 e. The Balaban J connectivity index is 1.72. The highest BCUT2D eigenvalue weighted by atomic mass is 32.2. The van der Waals surface area contributed by atoms with Crippen molar-refractivity contribution in [3.05, 3.63) is 65.0 Å². The molecule has 0 aliphatic carbocycles. The highest BCUT2D eigenvalue weighted by Gasteiger charge is 2.23. The van der Waals surface area contributed by atoms with Gasteiger partial charge in [0.25, 0.3) is 5.91 Å². The Morgan fingerprint density at radius 3 is 2.39 bits per heavy atom. The first-order valence-corrected chi connectivity index (χ1v) is 14.1. The van der Waals surface area contributed by atoms with E-state index in [0.29, 0.717) is 35.3 Å². The zero-order valence-corrected chi connectivity index (χ0v) is 23.0. The van der Waals surface area contributed by atoms with Gasteiger partial charge in [-0.25, -0.2) is 0 Å². The highest BCUT2D eigenvalue weighted by molar-refractivity contribution is 7.99. The maximum absolute atomic E-state index is 13.0. The number of methoxy groups -OCH3 is 1. The van der Waals surface area contributed by atoms with E-state index in [0.717, 1.165) is 22.6 Å². The second-order valence-corrected chi connectivity index (χ2v) is 10.2. The zero-order valence-electron chi connectivity index (χ0n) is 21.3. The number of ether oxygens (including phenoxy) is 1. The SMILES string of the molecule is CCn1c(SCC(=O)Nc2c(C)cccc2C)nnc1C(CCSC)NC(=O)c1ccc(OC)cc1. The number of nitrogens with zero attached hydrogens (tertiary/aromatic N) is 3. The summed E-state index contributed by atoms with van der Waals surface area (Å²) in [5.41, 5.74) is 3.44. The Bertz CT molecular complexity index is 1160. The predicted molar refractivity (Wildman–Crippen MR) is 147 cm³/mol. The van der Waals surface area contributed by atoms with Crippen molar-refractivity contribution in [3.8, 4) is 5.75 Å². The van der Waals surface area contributed by atoms with E-state index in [2.05, 4.69) is 20.8 Å². The molecule has 1 atom stereocenters. The molecule has 192 valence electrons. The van der Waals surface area contributed by atoms with Gasteiger partial charge in [-0.05, 0) is 74.6 Å². The summed E-state index contributed by atoms with van der Waals surface area (Å²) in [7, 11) is 1.59. The van der Waals surface area contributed by atoms with Gasteiger partial charge in [-0.1, -0.05) is 30.0 Å². The third kappa shape index (κ3) is 7.04. The molecule has 1 unspecified atom stereocenters. The number of amides is 2. The van der Waals surface area contributed by atoms with Gasteiger partial charge in [0.15, 0.2) is 11.0 Å². The van der Waals surface area contributed by atoms with Crippen LogP contribution in [0.3, 0.4) is 0 Å². The minimum atomic E-state index is -0.308. The smallest absolute Gasteiger partial charge is 0.251 e. The molecule has 0 bridgehead atoms. The zero-order chi connectivity index (χ0) is 26.1. The number of hydrogen-bond donors (Lipinski definition) is 2. The summed E-state index contributed by atoms with van der Waals surface area (Å²) < 4.78 is 7.15. The van der Waals surface area contributed by atoms with Gasteiger partial charge in [0.2, 0.25) is 5.91 Å². The second kappa shape index (κ2) is 13.4. The number of carbonyl (C=O) groups is 2. The predicted octanol–water partition coefficient (Wildman–Crippen LogP) is 4.88. The molecular weight excluding hydrogens is 494 g/mol. The largest absolute Gasteiger partial charge is 0.497 e. The van der Waals surface area contributed by atoms with Gasteiger partial charge in [-0.2, -0.15) is 11.8 Å². The van der Waals surface area contributed by atoms with Gasteiger partial charge in [0.1, 0.15) is 5.75 Å². The van der Waals surface area contributed by atoms with Crippen LogP contribution in [0.5, 0.6) is 5.75 Å². The monoisotopic (exact) mass is 527 g/mol. The topological polar surface area (TPSA) is 98.1 Å². The first-order valence-electron chi connectivity index (χ1n) is 11.7. The van der Waals surface area contributed by atoms with Crippen LogP contribution < -0.4 is 15.4 Å². The van der Waals surface area contributed by atoms with Gasteiger partial charge >= 0.3 is 0 Å². The molecule has 0 radical (unpaired) electrons. The summed E-state index contributed by atoms with van der Waals surface area (Å²) in [6.07, 6.45) is 2.74. The number of benzene rings is 2. The van der Waals surface area contributed by atoms with Crippen LogP contribution >= 0.6 is 23.5 Å². The number of carbonyl (C=O) groups excluding carboxylic acids is 2. The molecule has 8 nitrogen and oxygen atoms in total. The summed E-state index contributed by atoms with van der Waals surface area (Å²) in [4.78, 5) is 25.6. The number of hydrogen-bond acceptors (Lipinski definition) is 7. The summed E-state index contributed by atoms with van der Waals surface area (Å²) in [6.45, 7) is 6.58. The van der Waals surface area contributed by atoms with Crippen molar-refractivity contribution in [1.29, 1.82) is 0 Å². The lowest BCUT2D eigenvalue weighted by Crippen LogP contribution is -2.31. The highest BCUT2D eigenvalue weighted by Crippen LogP contribution is 2.25. The molecule has 0 fully saturated rings. The van der Waals surface area contributed by atoms with Crippen LogP contribution in [0.25, 0.3) is 0 Å². The van der Waals surface area contributed by atoms with Crippen LogP contribution in [0, 0.1) is 13.8 Å². The average molecular weight is 528 g/mol. The molecule has 36 heavy (non-hydrogen) atoms. The number of aromatic nitrogens is 3. The summed E-state index contributed by atoms with van der Waals surface area (Å²) in [6, 6.07) is 12.6. The molecule has 1 aromatic heterocycles. The molecule has 2 aromatic carbocycles. The van der Waals surface area contributed by atoms with Gasteiger partial charge in [-0.3, -0.25) is 9.59 Å². The second-order valence-electron chi connectivity index (χ2n) is 8.22. The van der Waals surface area contributed by atoms with Gasteiger partial charge in [0.05, 0.1) is 18.9 Å². The van der Waals surface area contributed by atoms with Crippen molar-refractivity contribution in [1.82, 2.24) is 20.1 Å². The average Bonchev–Trinajstić information content (AvgIpc) is 3.30. The minimum Gasteiger partial charge on any atom is -0.497 e. The van der Waals surface area contributed by atoms with Crippen LogP contribution in [-0.2, 0) is 11.3 Å². The lowest BCUT2D eigenvalue weighted by molar-refractivity contribution is -0.113. The van der Waals surface area contributed by atoms with E-state index in [1.54, 1.807) is 43.1 Å². The van der Waals surface area contributed by atoms with E-state index in [1.165, 1.54) is 11.8 Å². The minimum absolute atomic E-state index is 0.101. The molecular formula is C26H33N5O3S2. The van der Waals surface area contributed by atoms with E-state index in [1.807, 2.05) is 49.8 Å². The Hall–Kier alpha value is -2.98. The van der Waals surface area contributed by atoms with Crippen molar-refractivity contribution in [2.24, 2.45) is 0 Å². The lowest BCUT2D eigenvalue weighted by atomic mass is 10.1. The van der Waals surface area contributed by atoms with Crippen molar-refractivity contribution >= 4 is 41.0 Å². The Kier molecular flexibility index (Phi) is 10.2. The molecule has 0 spiro atoms. The molecule has 0 aliphatic heterocycles. The molecule has 3 rings (SSSR count). The maximum atomic E-state index is 13.0. The Morgan fingerprint density at radius 2 is 1.78 bits per heavy atom. The first-order chi connectivity index (χ1) is 17.4. The number of aryl methyl sites for hydroxylation is 2. The van der Waals surface area contributed by atoms with Crippen molar-refractivity contribution in [3.63, 3.8) is 0 Å². The van der Waals surface area contributed by atoms with Crippen LogP contribution in [0.15, 0.2) is 47.6 Å². The molecule has 0 saturated heterocycles. The summed E-state index contributed by atoms with van der Waals surface area (Å²) in [5, 5.41) is 15.6. The standard InChI is InChI=1S/C26H33N5O3S2/c1-6-31-24(21(14-15-35-5)27-25(33)19-10-12-20(34-4)13-11-19)29-30-26(31)36-16-22(32)28-23-17(2)8-7-9-18(23)3/h7-13,21H,6,14-16H2,1-5H3,(H,27,33)(H,28,32). The molecule has 0 saturated carbocycles. The van der Waals surface area contributed by atoms with Gasteiger partial charge < -0.3 is 19.9 Å². The third-order valence-corrected chi connectivity index (χ3v) is 7.33. The van der Waals surface area contributed by atoms with Crippen LogP contribution in [0.2, 0.25) is 0 Å². The fourth-order valence-corrected chi connectivity index (χ4v) is 5.05. The Labute approximate surface area is 221 Å². The number of thioether (sulfide) groups is 2. The van der Waals surface area contributed by atoms with E-state index < -0.39 is 0 Å². The van der Waals surface area contributed by atoms with Crippen molar-refractivity contribution in [2.45, 2.75) is 44.9 Å². The molecule has 10 heteroatoms. The molecule has 2 amide bonds. The third-order valence-electron chi connectivity index (χ3n) is 5.72. The van der Waals surface area contributed by atoms with E-state index in [4.69, 9.17) is 4.74 Å². The number of anilines is 1. The molecule has 3 aromatic rings.